The second kappa shape index (κ2) is 3.34. The summed E-state index contributed by atoms with van der Waals surface area (Å²) in [6, 6.07) is 1.95. The molecule has 1 N–H and O–H groups in total. The Labute approximate surface area is 68.8 Å². The summed E-state index contributed by atoms with van der Waals surface area (Å²) in [6.07, 6.45) is 2.74. The molecule has 11 heavy (non-hydrogen) atoms. The number of carboxylic acid groups (broad SMARTS) is 1. The Morgan fingerprint density at radius 2 is 2.45 bits per heavy atom. The highest BCUT2D eigenvalue weighted by Gasteiger charge is 1.91. The minimum Gasteiger partial charge on any atom is -0.478 e. The summed E-state index contributed by atoms with van der Waals surface area (Å²) in [6.45, 7) is 1.98. The maximum absolute atomic E-state index is 10.1. The minimum absolute atomic E-state index is 0.906. The largest absolute Gasteiger partial charge is 0.478 e. The zero-order chi connectivity index (χ0) is 8.27. The van der Waals surface area contributed by atoms with E-state index in [-0.39, 0.29) is 0 Å². The van der Waals surface area contributed by atoms with Crippen LogP contribution in [0.3, 0.4) is 0 Å². The van der Waals surface area contributed by atoms with Crippen molar-refractivity contribution in [2.24, 2.45) is 0 Å². The van der Waals surface area contributed by atoms with Gasteiger partial charge >= 0.3 is 5.97 Å². The van der Waals surface area contributed by atoms with Gasteiger partial charge < -0.3 is 5.11 Å². The fraction of sp³-hybridized carbons (Fsp3) is 0.125. The van der Waals surface area contributed by atoms with E-state index in [0.717, 1.165) is 11.0 Å². The van der Waals surface area contributed by atoms with E-state index >= 15 is 0 Å². The van der Waals surface area contributed by atoms with Crippen molar-refractivity contribution in [3.05, 3.63) is 28.0 Å². The van der Waals surface area contributed by atoms with E-state index in [2.05, 4.69) is 0 Å². The van der Waals surface area contributed by atoms with Crippen molar-refractivity contribution in [1.82, 2.24) is 0 Å². The Balaban J connectivity index is 2.71. The van der Waals surface area contributed by atoms with E-state index in [9.17, 15) is 4.79 Å². The minimum atomic E-state index is -0.906. The van der Waals surface area contributed by atoms with Gasteiger partial charge in [-0.3, -0.25) is 0 Å². The highest BCUT2D eigenvalue weighted by atomic mass is 32.1. The quantitative estimate of drug-likeness (QED) is 0.687. The molecule has 2 nitrogen and oxygen atoms in total. The van der Waals surface area contributed by atoms with Gasteiger partial charge in [0.1, 0.15) is 0 Å². The first-order valence-corrected chi connectivity index (χ1v) is 4.02. The molecule has 1 rings (SSSR count). The monoisotopic (exact) mass is 168 g/mol. The van der Waals surface area contributed by atoms with E-state index in [1.54, 1.807) is 17.4 Å². The van der Waals surface area contributed by atoms with Crippen LogP contribution in [0.2, 0.25) is 0 Å². The average molecular weight is 168 g/mol. The maximum Gasteiger partial charge on any atom is 0.328 e. The van der Waals surface area contributed by atoms with E-state index in [0.29, 0.717) is 0 Å². The molecule has 0 aliphatic carbocycles. The highest BCUT2D eigenvalue weighted by Crippen LogP contribution is 2.14. The van der Waals surface area contributed by atoms with Crippen LogP contribution in [-0.4, -0.2) is 11.1 Å². The SMILES string of the molecule is Cc1csc(/C=C/C(=O)O)c1. The van der Waals surface area contributed by atoms with Crippen molar-refractivity contribution in [3.8, 4) is 0 Å². The predicted molar refractivity (Wildman–Crippen MR) is 45.7 cm³/mol. The van der Waals surface area contributed by atoms with E-state index in [1.807, 2.05) is 18.4 Å². The van der Waals surface area contributed by atoms with Crippen LogP contribution in [-0.2, 0) is 4.79 Å². The summed E-state index contributed by atoms with van der Waals surface area (Å²) >= 11 is 1.54. The molecule has 0 unspecified atom stereocenters. The van der Waals surface area contributed by atoms with Gasteiger partial charge in [0.05, 0.1) is 0 Å². The molecule has 0 bridgehead atoms. The molecular formula is C8H8O2S. The first kappa shape index (κ1) is 8.01. The topological polar surface area (TPSA) is 37.3 Å². The Morgan fingerprint density at radius 1 is 1.73 bits per heavy atom. The fourth-order valence-electron chi connectivity index (χ4n) is 0.694. The number of thiophene rings is 1. The number of hydrogen-bond donors (Lipinski definition) is 1. The lowest BCUT2D eigenvalue weighted by Crippen LogP contribution is -1.84. The average Bonchev–Trinajstić information content (AvgIpc) is 2.31. The van der Waals surface area contributed by atoms with Crippen LogP contribution in [0, 0.1) is 6.92 Å². The molecule has 0 amide bonds. The van der Waals surface area contributed by atoms with E-state index < -0.39 is 5.97 Å². The number of rotatable bonds is 2. The maximum atomic E-state index is 10.1. The van der Waals surface area contributed by atoms with Crippen molar-refractivity contribution in [2.45, 2.75) is 6.92 Å². The van der Waals surface area contributed by atoms with Gasteiger partial charge in [0, 0.05) is 11.0 Å². The van der Waals surface area contributed by atoms with Gasteiger partial charge in [0.15, 0.2) is 0 Å². The van der Waals surface area contributed by atoms with Crippen LogP contribution in [0.4, 0.5) is 0 Å². The summed E-state index contributed by atoms with van der Waals surface area (Å²) < 4.78 is 0. The normalized spacial score (nSPS) is 10.6. The standard InChI is InChI=1S/C8H8O2S/c1-6-4-7(11-5-6)2-3-8(9)10/h2-5H,1H3,(H,9,10)/b3-2+. The Kier molecular flexibility index (Phi) is 2.44. The van der Waals surface area contributed by atoms with Crippen molar-refractivity contribution in [1.29, 1.82) is 0 Å². The van der Waals surface area contributed by atoms with Crippen molar-refractivity contribution in [2.75, 3.05) is 0 Å². The molecule has 0 saturated carbocycles. The molecular weight excluding hydrogens is 160 g/mol. The summed E-state index contributed by atoms with van der Waals surface area (Å²) in [7, 11) is 0. The van der Waals surface area contributed by atoms with Gasteiger partial charge in [-0.25, -0.2) is 4.79 Å². The third-order valence-corrected chi connectivity index (χ3v) is 2.16. The van der Waals surface area contributed by atoms with Crippen molar-refractivity contribution >= 4 is 23.4 Å². The molecule has 0 saturated heterocycles. The van der Waals surface area contributed by atoms with Crippen LogP contribution in [0.15, 0.2) is 17.5 Å². The van der Waals surface area contributed by atoms with Gasteiger partial charge in [0.25, 0.3) is 0 Å². The lowest BCUT2D eigenvalue weighted by atomic mass is 10.3. The van der Waals surface area contributed by atoms with Gasteiger partial charge in [-0.15, -0.1) is 11.3 Å². The van der Waals surface area contributed by atoms with Gasteiger partial charge in [0.2, 0.25) is 0 Å². The van der Waals surface area contributed by atoms with Crippen molar-refractivity contribution in [3.63, 3.8) is 0 Å². The molecule has 58 valence electrons. The lowest BCUT2D eigenvalue weighted by Gasteiger charge is -1.79. The number of hydrogen-bond acceptors (Lipinski definition) is 2. The third-order valence-electron chi connectivity index (χ3n) is 1.14. The Morgan fingerprint density at radius 3 is 2.91 bits per heavy atom. The molecule has 0 atom stereocenters. The van der Waals surface area contributed by atoms with Crippen LogP contribution in [0.1, 0.15) is 10.4 Å². The first-order chi connectivity index (χ1) is 5.18. The number of aliphatic carboxylic acids is 1. The first-order valence-electron chi connectivity index (χ1n) is 3.14. The molecule has 0 aromatic carbocycles. The third kappa shape index (κ3) is 2.55. The van der Waals surface area contributed by atoms with Gasteiger partial charge in [-0.2, -0.15) is 0 Å². The lowest BCUT2D eigenvalue weighted by molar-refractivity contribution is -0.131. The Hall–Kier alpha value is -1.09. The summed E-state index contributed by atoms with van der Waals surface area (Å²) in [5.74, 6) is -0.906. The van der Waals surface area contributed by atoms with Crippen LogP contribution in [0.25, 0.3) is 6.08 Å². The zero-order valence-electron chi connectivity index (χ0n) is 6.07. The highest BCUT2D eigenvalue weighted by molar-refractivity contribution is 7.11. The number of carboxylic acids is 1. The number of carbonyl (C=O) groups is 1. The number of aryl methyl sites for hydroxylation is 1. The molecule has 1 aromatic heterocycles. The molecule has 0 aliphatic rings. The van der Waals surface area contributed by atoms with Gasteiger partial charge in [-0.1, -0.05) is 0 Å². The van der Waals surface area contributed by atoms with Gasteiger partial charge in [-0.05, 0) is 30.0 Å². The van der Waals surface area contributed by atoms with E-state index in [4.69, 9.17) is 5.11 Å². The molecule has 0 aliphatic heterocycles. The molecule has 1 aromatic rings. The smallest absolute Gasteiger partial charge is 0.328 e. The van der Waals surface area contributed by atoms with Crippen LogP contribution in [0.5, 0.6) is 0 Å². The Bertz CT molecular complexity index is 286. The molecule has 0 spiro atoms. The molecule has 0 radical (unpaired) electrons. The predicted octanol–water partition coefficient (Wildman–Crippen LogP) is 2.15. The molecule has 0 fully saturated rings. The zero-order valence-corrected chi connectivity index (χ0v) is 6.89. The van der Waals surface area contributed by atoms with Crippen LogP contribution < -0.4 is 0 Å². The molecule has 3 heteroatoms. The summed E-state index contributed by atoms with van der Waals surface area (Å²) in [5.41, 5.74) is 1.17. The second-order valence-electron chi connectivity index (χ2n) is 2.20. The summed E-state index contributed by atoms with van der Waals surface area (Å²) in [5, 5.41) is 10.3. The van der Waals surface area contributed by atoms with Crippen molar-refractivity contribution < 1.29 is 9.90 Å². The molecule has 1 heterocycles. The fourth-order valence-corrected chi connectivity index (χ4v) is 1.48. The van der Waals surface area contributed by atoms with E-state index in [1.165, 1.54) is 5.56 Å². The van der Waals surface area contributed by atoms with Crippen LogP contribution >= 0.6 is 11.3 Å². The second-order valence-corrected chi connectivity index (χ2v) is 3.14. The summed E-state index contributed by atoms with van der Waals surface area (Å²) in [4.78, 5) is 11.1.